The van der Waals surface area contributed by atoms with E-state index in [2.05, 4.69) is 10.2 Å². The van der Waals surface area contributed by atoms with Crippen molar-refractivity contribution in [2.45, 2.75) is 13.0 Å². The Kier molecular flexibility index (Phi) is 4.34. The van der Waals surface area contributed by atoms with Gasteiger partial charge in [-0.2, -0.15) is 0 Å². The van der Waals surface area contributed by atoms with Crippen LogP contribution in [0.15, 0.2) is 51.7 Å². The fourth-order valence-electron chi connectivity index (χ4n) is 3.63. The molecule has 0 aliphatic carbocycles. The molecule has 5 rings (SSSR count). The molecule has 1 aliphatic rings. The highest BCUT2D eigenvalue weighted by Gasteiger charge is 2.45. The Bertz CT molecular complexity index is 1360. The zero-order chi connectivity index (χ0) is 21.0. The molecule has 9 heteroatoms. The average molecular weight is 440 g/mol. The smallest absolute Gasteiger partial charge is 0.297 e. The van der Waals surface area contributed by atoms with Crippen molar-refractivity contribution in [1.29, 1.82) is 0 Å². The number of aryl methyl sites for hydroxylation is 1. The van der Waals surface area contributed by atoms with Crippen LogP contribution in [0.5, 0.6) is 5.75 Å². The van der Waals surface area contributed by atoms with Crippen molar-refractivity contribution in [3.63, 3.8) is 0 Å². The fourth-order valence-corrected chi connectivity index (χ4v) is 4.51. The van der Waals surface area contributed by atoms with Gasteiger partial charge < -0.3 is 9.15 Å². The molecule has 1 atom stereocenters. The van der Waals surface area contributed by atoms with Crippen LogP contribution in [0.2, 0.25) is 5.02 Å². The molecule has 4 aromatic rings. The summed E-state index contributed by atoms with van der Waals surface area (Å²) >= 11 is 7.37. The molecule has 0 saturated heterocycles. The number of hydrogen-bond donors (Lipinski definition) is 0. The van der Waals surface area contributed by atoms with E-state index in [0.29, 0.717) is 31.9 Å². The maximum atomic E-state index is 13.5. The number of methoxy groups -OCH3 is 1. The average Bonchev–Trinajstić information content (AvgIpc) is 3.30. The highest BCUT2D eigenvalue weighted by molar-refractivity contribution is 7.15. The van der Waals surface area contributed by atoms with Crippen molar-refractivity contribution < 1.29 is 13.9 Å². The summed E-state index contributed by atoms with van der Waals surface area (Å²) in [4.78, 5) is 28.3. The third-order valence-corrected chi connectivity index (χ3v) is 6.06. The minimum Gasteiger partial charge on any atom is -0.497 e. The van der Waals surface area contributed by atoms with Crippen LogP contribution < -0.4 is 15.1 Å². The molecule has 0 fully saturated rings. The van der Waals surface area contributed by atoms with E-state index in [9.17, 15) is 9.59 Å². The van der Waals surface area contributed by atoms with E-state index in [0.717, 1.165) is 5.56 Å². The first-order valence-electron chi connectivity index (χ1n) is 9.02. The number of benzene rings is 2. The summed E-state index contributed by atoms with van der Waals surface area (Å²) < 4.78 is 11.1. The summed E-state index contributed by atoms with van der Waals surface area (Å²) in [7, 11) is 1.57. The Morgan fingerprint density at radius 1 is 1.13 bits per heavy atom. The van der Waals surface area contributed by atoms with Gasteiger partial charge >= 0.3 is 0 Å². The number of carbonyl (C=O) groups excluding carboxylic acids is 1. The summed E-state index contributed by atoms with van der Waals surface area (Å²) in [6, 6.07) is 11.2. The molecule has 0 spiro atoms. The quantitative estimate of drug-likeness (QED) is 0.471. The first-order chi connectivity index (χ1) is 14.5. The minimum absolute atomic E-state index is 0.00323. The molecular weight excluding hydrogens is 426 g/mol. The number of fused-ring (bicyclic) bond motifs is 2. The van der Waals surface area contributed by atoms with Gasteiger partial charge in [0.05, 0.1) is 24.1 Å². The first-order valence-corrected chi connectivity index (χ1v) is 10.2. The number of halogens is 1. The fraction of sp³-hybridized carbons (Fsp3) is 0.143. The Balaban J connectivity index is 1.80. The molecule has 7 nitrogen and oxygen atoms in total. The predicted molar refractivity (Wildman–Crippen MR) is 114 cm³/mol. The van der Waals surface area contributed by atoms with Gasteiger partial charge in [-0.25, -0.2) is 0 Å². The van der Waals surface area contributed by atoms with Crippen LogP contribution in [0.25, 0.3) is 11.0 Å². The van der Waals surface area contributed by atoms with Gasteiger partial charge in [0.25, 0.3) is 5.91 Å². The molecule has 3 heterocycles. The molecule has 1 amide bonds. The summed E-state index contributed by atoms with van der Waals surface area (Å²) in [5, 5.41) is 10.0. The topological polar surface area (TPSA) is 85.5 Å². The second-order valence-corrected chi connectivity index (χ2v) is 8.37. The normalized spacial score (nSPS) is 15.6. The first kappa shape index (κ1) is 18.8. The van der Waals surface area contributed by atoms with Gasteiger partial charge in [0.2, 0.25) is 10.9 Å². The molecule has 1 aliphatic heterocycles. The van der Waals surface area contributed by atoms with Crippen LogP contribution in [-0.4, -0.2) is 23.2 Å². The summed E-state index contributed by atoms with van der Waals surface area (Å²) in [5.74, 6) is 0.235. The Morgan fingerprint density at radius 3 is 2.57 bits per heavy atom. The van der Waals surface area contributed by atoms with Crippen LogP contribution in [0.4, 0.5) is 5.13 Å². The van der Waals surface area contributed by atoms with Crippen molar-refractivity contribution in [3.8, 4) is 5.75 Å². The van der Waals surface area contributed by atoms with Crippen LogP contribution in [0.1, 0.15) is 32.7 Å². The van der Waals surface area contributed by atoms with E-state index in [4.69, 9.17) is 20.8 Å². The lowest BCUT2D eigenvalue weighted by molar-refractivity contribution is 0.0970. The van der Waals surface area contributed by atoms with Crippen molar-refractivity contribution >= 4 is 44.9 Å². The number of amides is 1. The van der Waals surface area contributed by atoms with Crippen molar-refractivity contribution in [3.05, 3.63) is 79.6 Å². The lowest BCUT2D eigenvalue weighted by Crippen LogP contribution is -2.29. The maximum absolute atomic E-state index is 13.5. The van der Waals surface area contributed by atoms with Crippen molar-refractivity contribution in [2.24, 2.45) is 0 Å². The van der Waals surface area contributed by atoms with E-state index in [1.54, 1.807) is 44.4 Å². The lowest BCUT2D eigenvalue weighted by Gasteiger charge is -2.22. The van der Waals surface area contributed by atoms with Crippen molar-refractivity contribution in [2.75, 3.05) is 12.0 Å². The summed E-state index contributed by atoms with van der Waals surface area (Å²) in [5.41, 5.74) is 0.990. The van der Waals surface area contributed by atoms with E-state index < -0.39 is 11.9 Å². The standard InChI is InChI=1S/C21H14ClN3O4S/c1-10-23-24-21(30-10)25-17(11-3-6-13(28-2)7-4-11)16-18(26)14-9-12(22)5-8-15(14)29-19(16)20(25)27/h3-9,17H,1-2H3/t17-/m1/s1. The summed E-state index contributed by atoms with van der Waals surface area (Å²) in [6.07, 6.45) is 0. The Morgan fingerprint density at radius 2 is 1.90 bits per heavy atom. The van der Waals surface area contributed by atoms with Gasteiger partial charge in [-0.1, -0.05) is 35.1 Å². The van der Waals surface area contributed by atoms with Crippen LogP contribution in [0.3, 0.4) is 0 Å². The van der Waals surface area contributed by atoms with E-state index in [1.807, 2.05) is 12.1 Å². The number of ether oxygens (including phenoxy) is 1. The van der Waals surface area contributed by atoms with Gasteiger partial charge in [0.15, 0.2) is 5.43 Å². The molecule has 2 aromatic heterocycles. The van der Waals surface area contributed by atoms with Gasteiger partial charge in [0, 0.05) is 5.02 Å². The largest absolute Gasteiger partial charge is 0.497 e. The molecule has 0 bridgehead atoms. The third-order valence-electron chi connectivity index (χ3n) is 4.99. The SMILES string of the molecule is COc1ccc([C@@H]2c3c(oc4ccc(Cl)cc4c3=O)C(=O)N2c2nnc(C)s2)cc1. The lowest BCUT2D eigenvalue weighted by atomic mass is 9.98. The van der Waals surface area contributed by atoms with Gasteiger partial charge in [0.1, 0.15) is 16.3 Å². The van der Waals surface area contributed by atoms with Gasteiger partial charge in [-0.05, 0) is 42.8 Å². The van der Waals surface area contributed by atoms with Gasteiger partial charge in [-0.15, -0.1) is 10.2 Å². The molecule has 30 heavy (non-hydrogen) atoms. The van der Waals surface area contributed by atoms with Crippen molar-refractivity contribution in [1.82, 2.24) is 10.2 Å². The van der Waals surface area contributed by atoms with Gasteiger partial charge in [-0.3, -0.25) is 14.5 Å². The number of aromatic nitrogens is 2. The van der Waals surface area contributed by atoms with E-state index in [-0.39, 0.29) is 16.8 Å². The van der Waals surface area contributed by atoms with Crippen LogP contribution in [0, 0.1) is 6.92 Å². The molecule has 0 N–H and O–H groups in total. The monoisotopic (exact) mass is 439 g/mol. The number of hydrogen-bond acceptors (Lipinski definition) is 7. The molecule has 0 unspecified atom stereocenters. The number of rotatable bonds is 3. The third kappa shape index (κ3) is 2.79. The molecule has 150 valence electrons. The predicted octanol–water partition coefficient (Wildman–Crippen LogP) is 4.36. The second-order valence-electron chi connectivity index (χ2n) is 6.77. The Labute approximate surface area is 179 Å². The molecule has 2 aromatic carbocycles. The zero-order valence-electron chi connectivity index (χ0n) is 15.9. The van der Waals surface area contributed by atoms with E-state index in [1.165, 1.54) is 16.2 Å². The Hall–Kier alpha value is -3.23. The molecular formula is C21H14ClN3O4S. The highest BCUT2D eigenvalue weighted by atomic mass is 35.5. The highest BCUT2D eigenvalue weighted by Crippen LogP contribution is 2.42. The van der Waals surface area contributed by atoms with E-state index >= 15 is 0 Å². The summed E-state index contributed by atoms with van der Waals surface area (Å²) in [6.45, 7) is 1.80. The maximum Gasteiger partial charge on any atom is 0.297 e. The number of nitrogens with zero attached hydrogens (tertiary/aromatic N) is 3. The van der Waals surface area contributed by atoms with Crippen LogP contribution >= 0.6 is 22.9 Å². The second kappa shape index (κ2) is 6.93. The zero-order valence-corrected chi connectivity index (χ0v) is 17.5. The minimum atomic E-state index is -0.703. The number of anilines is 1. The van der Waals surface area contributed by atoms with Crippen LogP contribution in [-0.2, 0) is 0 Å². The number of carbonyl (C=O) groups is 1. The molecule has 0 radical (unpaired) electrons. The molecule has 0 saturated carbocycles.